The molecule has 0 atom stereocenters. The highest BCUT2D eigenvalue weighted by Gasteiger charge is 2.09. The van der Waals surface area contributed by atoms with Crippen molar-refractivity contribution in [3.8, 4) is 0 Å². The largest absolute Gasteiger partial charge is 0.357 e. The van der Waals surface area contributed by atoms with Crippen molar-refractivity contribution in [2.75, 3.05) is 13.1 Å². The Labute approximate surface area is 169 Å². The predicted octanol–water partition coefficient (Wildman–Crippen LogP) is 3.67. The van der Waals surface area contributed by atoms with Gasteiger partial charge in [-0.05, 0) is 39.3 Å². The van der Waals surface area contributed by atoms with Gasteiger partial charge in [-0.3, -0.25) is 4.68 Å². The van der Waals surface area contributed by atoms with Crippen molar-refractivity contribution >= 4 is 52.9 Å². The first-order valence-electron chi connectivity index (χ1n) is 7.76. The van der Waals surface area contributed by atoms with Crippen molar-refractivity contribution in [2.45, 2.75) is 33.7 Å². The van der Waals surface area contributed by atoms with Crippen LogP contribution in [-0.2, 0) is 20.0 Å². The van der Waals surface area contributed by atoms with E-state index < -0.39 is 0 Å². The maximum Gasteiger partial charge on any atom is 0.191 e. The number of hydrogen-bond donors (Lipinski definition) is 2. The zero-order chi connectivity index (χ0) is 16.8. The fourth-order valence-corrected chi connectivity index (χ4v) is 3.42. The van der Waals surface area contributed by atoms with Crippen LogP contribution < -0.4 is 10.6 Å². The molecule has 0 radical (unpaired) electrons. The highest BCUT2D eigenvalue weighted by atomic mass is 127. The topological polar surface area (TPSA) is 54.2 Å². The monoisotopic (exact) mass is 481 g/mol. The summed E-state index contributed by atoms with van der Waals surface area (Å²) in [6, 6.07) is 4.01. The molecule has 0 saturated carbocycles. The Kier molecular flexibility index (Phi) is 9.07. The van der Waals surface area contributed by atoms with Gasteiger partial charge < -0.3 is 10.6 Å². The Balaban J connectivity index is 0.00000288. The lowest BCUT2D eigenvalue weighted by Gasteiger charge is -2.11. The molecule has 2 aromatic rings. The van der Waals surface area contributed by atoms with E-state index in [1.54, 1.807) is 11.3 Å². The summed E-state index contributed by atoms with van der Waals surface area (Å²) in [5.74, 6) is 0.831. The molecule has 0 spiro atoms. The van der Waals surface area contributed by atoms with Gasteiger partial charge in [-0.2, -0.15) is 5.10 Å². The number of rotatable bonds is 6. The van der Waals surface area contributed by atoms with Gasteiger partial charge in [0.25, 0.3) is 0 Å². The third-order valence-corrected chi connectivity index (χ3v) is 4.98. The van der Waals surface area contributed by atoms with Gasteiger partial charge in [0.2, 0.25) is 0 Å². The second-order valence-corrected chi connectivity index (χ2v) is 7.15. The summed E-state index contributed by atoms with van der Waals surface area (Å²) in [5.41, 5.74) is 3.39. The molecule has 2 rings (SSSR count). The normalized spacial score (nSPS) is 11.3. The lowest BCUT2D eigenvalue weighted by atomic mass is 10.2. The molecular formula is C16H25ClIN5S. The van der Waals surface area contributed by atoms with Crippen molar-refractivity contribution in [1.29, 1.82) is 0 Å². The van der Waals surface area contributed by atoms with Gasteiger partial charge in [0.05, 0.1) is 16.6 Å². The fourth-order valence-electron chi connectivity index (χ4n) is 2.34. The van der Waals surface area contributed by atoms with Gasteiger partial charge >= 0.3 is 0 Å². The van der Waals surface area contributed by atoms with Gasteiger partial charge in [0.15, 0.2) is 5.96 Å². The molecule has 0 amide bonds. The molecule has 0 aliphatic heterocycles. The molecule has 0 aromatic carbocycles. The Morgan fingerprint density at radius 2 is 2.08 bits per heavy atom. The minimum absolute atomic E-state index is 0. The number of aliphatic imine (C=N–C) groups is 1. The predicted molar refractivity (Wildman–Crippen MR) is 114 cm³/mol. The first-order valence-corrected chi connectivity index (χ1v) is 8.96. The van der Waals surface area contributed by atoms with Crippen LogP contribution in [0.25, 0.3) is 0 Å². The van der Waals surface area contributed by atoms with Gasteiger partial charge in [0, 0.05) is 36.3 Å². The molecule has 2 N–H and O–H groups in total. The van der Waals surface area contributed by atoms with E-state index in [-0.39, 0.29) is 24.0 Å². The fraction of sp³-hybridized carbons (Fsp3) is 0.500. The average molecular weight is 482 g/mol. The Bertz CT molecular complexity index is 680. The molecule has 2 heterocycles. The van der Waals surface area contributed by atoms with Crippen LogP contribution in [0.2, 0.25) is 4.34 Å². The van der Waals surface area contributed by atoms with Crippen LogP contribution in [0.5, 0.6) is 0 Å². The molecule has 134 valence electrons. The number of nitrogens with zero attached hydrogens (tertiary/aromatic N) is 3. The van der Waals surface area contributed by atoms with E-state index in [4.69, 9.17) is 11.6 Å². The summed E-state index contributed by atoms with van der Waals surface area (Å²) in [4.78, 5) is 5.95. The molecule has 0 aliphatic rings. The molecular weight excluding hydrogens is 457 g/mol. The Morgan fingerprint density at radius 3 is 2.62 bits per heavy atom. The number of aryl methyl sites for hydroxylation is 2. The second kappa shape index (κ2) is 10.2. The van der Waals surface area contributed by atoms with Crippen LogP contribution >= 0.6 is 46.9 Å². The van der Waals surface area contributed by atoms with Crippen LogP contribution in [0.15, 0.2) is 17.1 Å². The number of hydrogen-bond acceptors (Lipinski definition) is 3. The summed E-state index contributed by atoms with van der Waals surface area (Å²) >= 11 is 7.58. The molecule has 0 bridgehead atoms. The van der Waals surface area contributed by atoms with Gasteiger partial charge in [-0.1, -0.05) is 11.6 Å². The van der Waals surface area contributed by atoms with E-state index >= 15 is 0 Å². The van der Waals surface area contributed by atoms with Crippen LogP contribution in [0.3, 0.4) is 0 Å². The molecule has 24 heavy (non-hydrogen) atoms. The standard InChI is InChI=1S/C16H24ClN5S.HI/c1-5-18-16(19-9-8-13-6-7-15(17)23-13)20-10-14-11(2)21-22(4)12(14)3;/h6-7H,5,8-10H2,1-4H3,(H2,18,19,20);1H. The first kappa shape index (κ1) is 21.2. The van der Waals surface area contributed by atoms with Crippen LogP contribution in [0, 0.1) is 13.8 Å². The Morgan fingerprint density at radius 1 is 1.33 bits per heavy atom. The number of guanidine groups is 1. The minimum Gasteiger partial charge on any atom is -0.357 e. The second-order valence-electron chi connectivity index (χ2n) is 5.35. The molecule has 0 fully saturated rings. The summed E-state index contributed by atoms with van der Waals surface area (Å²) < 4.78 is 2.74. The van der Waals surface area contributed by atoms with Crippen molar-refractivity contribution in [2.24, 2.45) is 12.0 Å². The quantitative estimate of drug-likeness (QED) is 0.376. The van der Waals surface area contributed by atoms with Gasteiger partial charge in [0.1, 0.15) is 0 Å². The third kappa shape index (κ3) is 5.93. The highest BCUT2D eigenvalue weighted by Crippen LogP contribution is 2.21. The number of halogens is 2. The maximum atomic E-state index is 5.95. The summed E-state index contributed by atoms with van der Waals surface area (Å²) in [6.45, 7) is 8.46. The first-order chi connectivity index (χ1) is 11.0. The van der Waals surface area contributed by atoms with E-state index in [9.17, 15) is 0 Å². The summed E-state index contributed by atoms with van der Waals surface area (Å²) in [6.07, 6.45) is 0.937. The molecule has 0 saturated heterocycles. The van der Waals surface area contributed by atoms with Gasteiger partial charge in [-0.25, -0.2) is 4.99 Å². The molecule has 5 nitrogen and oxygen atoms in total. The van der Waals surface area contributed by atoms with Crippen molar-refractivity contribution < 1.29 is 0 Å². The Hall–Kier alpha value is -0.800. The SMILES string of the molecule is CCNC(=NCc1c(C)nn(C)c1C)NCCc1ccc(Cl)s1.I. The van der Waals surface area contributed by atoms with Gasteiger partial charge in [-0.15, -0.1) is 35.3 Å². The van der Waals surface area contributed by atoms with E-state index in [1.165, 1.54) is 10.4 Å². The van der Waals surface area contributed by atoms with Crippen LogP contribution in [-0.4, -0.2) is 28.8 Å². The van der Waals surface area contributed by atoms with E-state index in [0.717, 1.165) is 41.2 Å². The van der Waals surface area contributed by atoms with E-state index in [1.807, 2.05) is 24.7 Å². The third-order valence-electron chi connectivity index (χ3n) is 3.69. The van der Waals surface area contributed by atoms with E-state index in [0.29, 0.717) is 6.54 Å². The van der Waals surface area contributed by atoms with Crippen molar-refractivity contribution in [1.82, 2.24) is 20.4 Å². The number of aromatic nitrogens is 2. The zero-order valence-electron chi connectivity index (χ0n) is 14.5. The molecule has 8 heteroatoms. The molecule has 0 aliphatic carbocycles. The van der Waals surface area contributed by atoms with Crippen LogP contribution in [0.4, 0.5) is 0 Å². The van der Waals surface area contributed by atoms with Crippen LogP contribution in [0.1, 0.15) is 28.8 Å². The molecule has 2 aromatic heterocycles. The minimum atomic E-state index is 0. The smallest absolute Gasteiger partial charge is 0.191 e. The van der Waals surface area contributed by atoms with Crippen molar-refractivity contribution in [3.63, 3.8) is 0 Å². The average Bonchev–Trinajstić information content (AvgIpc) is 3.01. The summed E-state index contributed by atoms with van der Waals surface area (Å²) in [5, 5.41) is 11.1. The summed E-state index contributed by atoms with van der Waals surface area (Å²) in [7, 11) is 1.96. The van der Waals surface area contributed by atoms with Crippen molar-refractivity contribution in [3.05, 3.63) is 38.3 Å². The maximum absolute atomic E-state index is 5.95. The lowest BCUT2D eigenvalue weighted by molar-refractivity contribution is 0.730. The van der Waals surface area contributed by atoms with E-state index in [2.05, 4.69) is 40.6 Å². The molecule has 0 unspecified atom stereocenters. The lowest BCUT2D eigenvalue weighted by Crippen LogP contribution is -2.38. The zero-order valence-corrected chi connectivity index (χ0v) is 18.4. The highest BCUT2D eigenvalue weighted by molar-refractivity contribution is 14.0. The number of nitrogens with one attached hydrogen (secondary N) is 2. The number of thiophene rings is 1.